The van der Waals surface area contributed by atoms with Crippen LogP contribution in [-0.2, 0) is 10.0 Å². The lowest BCUT2D eigenvalue weighted by Gasteiger charge is -2.49. The highest BCUT2D eigenvalue weighted by atomic mass is 32.2. The van der Waals surface area contributed by atoms with Gasteiger partial charge in [-0.15, -0.1) is 0 Å². The van der Waals surface area contributed by atoms with Crippen molar-refractivity contribution >= 4 is 10.0 Å². The Hall–Kier alpha value is -0.130. The average molecular weight is 357 g/mol. The number of nitrogens with zero attached hydrogens (tertiary/aromatic N) is 1. The summed E-state index contributed by atoms with van der Waals surface area (Å²) in [6, 6.07) is 0.346. The predicted octanol–water partition coefficient (Wildman–Crippen LogP) is 3.37. The van der Waals surface area contributed by atoms with E-state index in [4.69, 9.17) is 5.73 Å². The van der Waals surface area contributed by atoms with E-state index in [-0.39, 0.29) is 23.3 Å². The zero-order chi connectivity index (χ0) is 17.5. The molecule has 0 radical (unpaired) electrons. The molecule has 7 atom stereocenters. The normalized spacial score (nSPS) is 43.2. The van der Waals surface area contributed by atoms with Crippen LogP contribution >= 0.6 is 0 Å². The maximum absolute atomic E-state index is 13.6. The third-order valence-corrected chi connectivity index (χ3v) is 9.70. The van der Waals surface area contributed by atoms with E-state index in [1.54, 1.807) is 0 Å². The Morgan fingerprint density at radius 3 is 2.42 bits per heavy atom. The van der Waals surface area contributed by atoms with Crippen molar-refractivity contribution in [3.8, 4) is 0 Å². The molecular formula is C19H36N2O2S. The quantitative estimate of drug-likeness (QED) is 0.843. The molecule has 0 aromatic rings. The second-order valence-corrected chi connectivity index (χ2v) is 11.0. The number of piperidine rings is 1. The van der Waals surface area contributed by atoms with Gasteiger partial charge in [0, 0.05) is 18.6 Å². The van der Waals surface area contributed by atoms with Gasteiger partial charge in [0.2, 0.25) is 10.0 Å². The van der Waals surface area contributed by atoms with E-state index in [1.807, 2.05) is 11.2 Å². The fourth-order valence-corrected chi connectivity index (χ4v) is 8.34. The zero-order valence-corrected chi connectivity index (χ0v) is 16.5. The summed E-state index contributed by atoms with van der Waals surface area (Å²) >= 11 is 0. The summed E-state index contributed by atoms with van der Waals surface area (Å²) in [6.45, 7) is 7.16. The number of hydrogen-bond donors (Lipinski definition) is 1. The maximum atomic E-state index is 13.6. The summed E-state index contributed by atoms with van der Waals surface area (Å²) in [4.78, 5) is 0. The maximum Gasteiger partial charge on any atom is 0.217 e. The molecule has 3 fully saturated rings. The molecule has 1 heterocycles. The zero-order valence-electron chi connectivity index (χ0n) is 15.7. The molecule has 2 N–H and O–H groups in total. The number of nitrogens with two attached hydrogens (primary N) is 1. The highest BCUT2D eigenvalue weighted by Crippen LogP contribution is 2.43. The first-order valence-electron chi connectivity index (χ1n) is 10.1. The van der Waals surface area contributed by atoms with E-state index >= 15 is 0 Å². The van der Waals surface area contributed by atoms with Gasteiger partial charge in [0.05, 0.1) is 5.25 Å². The third kappa shape index (κ3) is 3.41. The molecule has 2 aliphatic carbocycles. The minimum Gasteiger partial charge on any atom is -0.328 e. The van der Waals surface area contributed by atoms with Gasteiger partial charge in [0.1, 0.15) is 0 Å². The van der Waals surface area contributed by atoms with Crippen molar-refractivity contribution in [2.45, 2.75) is 89.5 Å². The minimum atomic E-state index is -3.23. The fraction of sp³-hybridized carbons (Fsp3) is 1.00. The van der Waals surface area contributed by atoms with Crippen molar-refractivity contribution in [3.05, 3.63) is 0 Å². The lowest BCUT2D eigenvalue weighted by molar-refractivity contribution is 0.0817. The van der Waals surface area contributed by atoms with Crippen LogP contribution in [0.4, 0.5) is 0 Å². The van der Waals surface area contributed by atoms with Crippen LogP contribution in [0.5, 0.6) is 0 Å². The van der Waals surface area contributed by atoms with E-state index in [9.17, 15) is 8.42 Å². The standard InChI is InChI=1S/C19H36N2O2S/c1-13-9-10-17(15(3)20)12-18(13)24(22,23)21-11-5-8-16-7-4-6-14(2)19(16)21/h13-19H,4-12,20H2,1-3H3. The second kappa shape index (κ2) is 7.24. The highest BCUT2D eigenvalue weighted by molar-refractivity contribution is 7.89. The SMILES string of the molecule is CC(N)C1CCC(C)C(S(=O)(=O)N2CCCC3CCCC(C)C32)C1. The molecule has 0 spiro atoms. The summed E-state index contributed by atoms with van der Waals surface area (Å²) in [5, 5.41) is -0.227. The number of sulfonamides is 1. The molecule has 0 amide bonds. The Morgan fingerprint density at radius 2 is 1.71 bits per heavy atom. The molecule has 1 saturated heterocycles. The van der Waals surface area contributed by atoms with Crippen LogP contribution in [0, 0.1) is 23.7 Å². The van der Waals surface area contributed by atoms with Gasteiger partial charge < -0.3 is 5.73 Å². The Bertz CT molecular complexity index is 531. The second-order valence-electron chi connectivity index (χ2n) is 8.90. The average Bonchev–Trinajstić information content (AvgIpc) is 2.54. The number of hydrogen-bond acceptors (Lipinski definition) is 3. The molecule has 5 heteroatoms. The molecule has 7 unspecified atom stereocenters. The van der Waals surface area contributed by atoms with Gasteiger partial charge in [-0.1, -0.05) is 20.3 Å². The van der Waals surface area contributed by atoms with Crippen LogP contribution in [0.25, 0.3) is 0 Å². The molecular weight excluding hydrogens is 320 g/mol. The molecule has 3 aliphatic rings. The molecule has 4 nitrogen and oxygen atoms in total. The van der Waals surface area contributed by atoms with Gasteiger partial charge in [0.15, 0.2) is 0 Å². The van der Waals surface area contributed by atoms with Crippen molar-refractivity contribution in [1.82, 2.24) is 4.31 Å². The van der Waals surface area contributed by atoms with Gasteiger partial charge in [-0.3, -0.25) is 0 Å². The Kier molecular flexibility index (Phi) is 5.63. The highest BCUT2D eigenvalue weighted by Gasteiger charge is 2.47. The van der Waals surface area contributed by atoms with Crippen LogP contribution in [0.1, 0.15) is 72.1 Å². The molecule has 140 valence electrons. The van der Waals surface area contributed by atoms with E-state index in [1.165, 1.54) is 25.7 Å². The largest absolute Gasteiger partial charge is 0.328 e. The molecule has 0 aromatic heterocycles. The monoisotopic (exact) mass is 356 g/mol. The Balaban J connectivity index is 1.85. The van der Waals surface area contributed by atoms with Gasteiger partial charge >= 0.3 is 0 Å². The van der Waals surface area contributed by atoms with E-state index in [2.05, 4.69) is 13.8 Å². The number of rotatable bonds is 3. The topological polar surface area (TPSA) is 63.4 Å². The summed E-state index contributed by atoms with van der Waals surface area (Å²) < 4.78 is 29.2. The van der Waals surface area contributed by atoms with E-state index < -0.39 is 10.0 Å². The van der Waals surface area contributed by atoms with E-state index in [0.717, 1.165) is 32.2 Å². The molecule has 3 rings (SSSR count). The lowest BCUT2D eigenvalue weighted by Crippen LogP contribution is -2.57. The van der Waals surface area contributed by atoms with Gasteiger partial charge in [-0.05, 0) is 75.5 Å². The molecule has 2 saturated carbocycles. The third-order valence-electron chi connectivity index (χ3n) is 7.20. The van der Waals surface area contributed by atoms with Crippen LogP contribution in [0.3, 0.4) is 0 Å². The summed E-state index contributed by atoms with van der Waals surface area (Å²) in [7, 11) is -3.23. The predicted molar refractivity (Wildman–Crippen MR) is 99.1 cm³/mol. The summed E-state index contributed by atoms with van der Waals surface area (Å²) in [5.74, 6) is 1.69. The first-order chi connectivity index (χ1) is 11.3. The van der Waals surface area contributed by atoms with Crippen molar-refractivity contribution < 1.29 is 8.42 Å². The minimum absolute atomic E-state index is 0.0953. The van der Waals surface area contributed by atoms with Crippen molar-refractivity contribution in [3.63, 3.8) is 0 Å². The van der Waals surface area contributed by atoms with Gasteiger partial charge in [-0.2, -0.15) is 4.31 Å². The van der Waals surface area contributed by atoms with Crippen molar-refractivity contribution in [1.29, 1.82) is 0 Å². The van der Waals surface area contributed by atoms with Crippen LogP contribution in [-0.4, -0.2) is 36.6 Å². The smallest absolute Gasteiger partial charge is 0.217 e. The number of fused-ring (bicyclic) bond motifs is 1. The van der Waals surface area contributed by atoms with Crippen molar-refractivity contribution in [2.24, 2.45) is 29.4 Å². The molecule has 0 aromatic carbocycles. The summed E-state index contributed by atoms with van der Waals surface area (Å²) in [5.41, 5.74) is 6.12. The molecule has 0 bridgehead atoms. The molecule has 24 heavy (non-hydrogen) atoms. The molecule has 1 aliphatic heterocycles. The van der Waals surface area contributed by atoms with Gasteiger partial charge in [0.25, 0.3) is 0 Å². The van der Waals surface area contributed by atoms with E-state index in [0.29, 0.717) is 17.8 Å². The van der Waals surface area contributed by atoms with Gasteiger partial charge in [-0.25, -0.2) is 8.42 Å². The Labute approximate surface area is 148 Å². The van der Waals surface area contributed by atoms with Crippen LogP contribution in [0.15, 0.2) is 0 Å². The Morgan fingerprint density at radius 1 is 1.00 bits per heavy atom. The summed E-state index contributed by atoms with van der Waals surface area (Å²) in [6.07, 6.45) is 8.72. The van der Waals surface area contributed by atoms with Crippen LogP contribution in [0.2, 0.25) is 0 Å². The lowest BCUT2D eigenvalue weighted by atomic mass is 9.74. The fourth-order valence-electron chi connectivity index (χ4n) is 5.68. The van der Waals surface area contributed by atoms with Crippen molar-refractivity contribution in [2.75, 3.05) is 6.54 Å². The first kappa shape index (κ1) is 18.7. The van der Waals surface area contributed by atoms with Crippen LogP contribution < -0.4 is 5.73 Å². The first-order valence-corrected chi connectivity index (χ1v) is 11.6.